The molecular weight excluding hydrogens is 408 g/mol. The Morgan fingerprint density at radius 2 is 1.28 bits per heavy atom. The van der Waals surface area contributed by atoms with Gasteiger partial charge < -0.3 is 18.9 Å². The van der Waals surface area contributed by atoms with Crippen LogP contribution in [0.1, 0.15) is 22.8 Å². The van der Waals surface area contributed by atoms with Gasteiger partial charge in [-0.1, -0.05) is 42.3 Å². The second-order valence-corrected chi connectivity index (χ2v) is 6.71. The number of rotatable bonds is 6. The number of ketones is 1. The molecule has 3 aromatic rings. The summed E-state index contributed by atoms with van der Waals surface area (Å²) in [6, 6.07) is 17.9. The first-order valence-corrected chi connectivity index (χ1v) is 9.70. The molecule has 0 aliphatic heterocycles. The maximum atomic E-state index is 12.2. The Balaban J connectivity index is 1.71. The predicted octanol–water partition coefficient (Wildman–Crippen LogP) is 4.54. The first-order chi connectivity index (χ1) is 15.4. The fourth-order valence-electron chi connectivity index (χ4n) is 3.02. The van der Waals surface area contributed by atoms with E-state index in [0.29, 0.717) is 28.4 Å². The SMILES string of the molecule is COc1cc(OC(=O)C#Cc2ccc(-c3ccc(C(C)=O)cc3)cc2)cc(OC)c1OC. The maximum Gasteiger partial charge on any atom is 0.390 e. The summed E-state index contributed by atoms with van der Waals surface area (Å²) in [7, 11) is 4.44. The van der Waals surface area contributed by atoms with E-state index in [4.69, 9.17) is 18.9 Å². The van der Waals surface area contributed by atoms with Crippen molar-refractivity contribution in [1.29, 1.82) is 0 Å². The third kappa shape index (κ3) is 5.27. The Bertz CT molecular complexity index is 1160. The zero-order valence-electron chi connectivity index (χ0n) is 18.2. The first kappa shape index (κ1) is 22.4. The largest absolute Gasteiger partial charge is 0.493 e. The molecule has 6 heteroatoms. The highest BCUT2D eigenvalue weighted by Crippen LogP contribution is 2.40. The number of ether oxygens (including phenoxy) is 4. The molecule has 3 aromatic carbocycles. The van der Waals surface area contributed by atoms with E-state index >= 15 is 0 Å². The van der Waals surface area contributed by atoms with Gasteiger partial charge in [-0.15, -0.1) is 0 Å². The molecule has 0 fully saturated rings. The van der Waals surface area contributed by atoms with Gasteiger partial charge in [0.15, 0.2) is 17.3 Å². The van der Waals surface area contributed by atoms with E-state index in [1.165, 1.54) is 40.4 Å². The van der Waals surface area contributed by atoms with Crippen molar-refractivity contribution in [1.82, 2.24) is 0 Å². The lowest BCUT2D eigenvalue weighted by Gasteiger charge is -2.13. The Labute approximate surface area is 186 Å². The van der Waals surface area contributed by atoms with Crippen molar-refractivity contribution in [2.24, 2.45) is 0 Å². The summed E-state index contributed by atoms with van der Waals surface area (Å²) in [4.78, 5) is 23.6. The highest BCUT2D eigenvalue weighted by molar-refractivity contribution is 5.94. The number of carbonyl (C=O) groups is 2. The third-order valence-electron chi connectivity index (χ3n) is 4.67. The van der Waals surface area contributed by atoms with Crippen LogP contribution in [0.5, 0.6) is 23.0 Å². The third-order valence-corrected chi connectivity index (χ3v) is 4.67. The topological polar surface area (TPSA) is 71.1 Å². The molecule has 0 spiro atoms. The summed E-state index contributed by atoms with van der Waals surface area (Å²) in [5.41, 5.74) is 3.29. The van der Waals surface area contributed by atoms with Gasteiger partial charge in [0.05, 0.1) is 21.3 Å². The van der Waals surface area contributed by atoms with Crippen LogP contribution >= 0.6 is 0 Å². The Morgan fingerprint density at radius 1 is 0.750 bits per heavy atom. The molecule has 0 amide bonds. The van der Waals surface area contributed by atoms with E-state index in [0.717, 1.165) is 11.1 Å². The van der Waals surface area contributed by atoms with Crippen LogP contribution in [0.15, 0.2) is 60.7 Å². The molecule has 0 N–H and O–H groups in total. The van der Waals surface area contributed by atoms with Crippen molar-refractivity contribution in [3.8, 4) is 46.0 Å². The lowest BCUT2D eigenvalue weighted by molar-refractivity contribution is -0.128. The lowest BCUT2D eigenvalue weighted by atomic mass is 10.0. The van der Waals surface area contributed by atoms with Crippen LogP contribution in [-0.2, 0) is 4.79 Å². The molecule has 162 valence electrons. The molecule has 0 saturated carbocycles. The van der Waals surface area contributed by atoms with Crippen LogP contribution in [0.25, 0.3) is 11.1 Å². The quantitative estimate of drug-likeness (QED) is 0.248. The average Bonchev–Trinajstić information content (AvgIpc) is 2.82. The van der Waals surface area contributed by atoms with Gasteiger partial charge in [0.25, 0.3) is 0 Å². The van der Waals surface area contributed by atoms with E-state index in [-0.39, 0.29) is 11.5 Å². The normalized spacial score (nSPS) is 9.88. The summed E-state index contributed by atoms with van der Waals surface area (Å²) in [6.45, 7) is 1.54. The number of hydrogen-bond acceptors (Lipinski definition) is 6. The summed E-state index contributed by atoms with van der Waals surface area (Å²) in [5, 5.41) is 0. The zero-order valence-corrected chi connectivity index (χ0v) is 18.2. The van der Waals surface area contributed by atoms with Gasteiger partial charge in [0.2, 0.25) is 5.75 Å². The van der Waals surface area contributed by atoms with Crippen molar-refractivity contribution in [3.05, 3.63) is 71.8 Å². The highest BCUT2D eigenvalue weighted by Gasteiger charge is 2.15. The van der Waals surface area contributed by atoms with Gasteiger partial charge in [0.1, 0.15) is 5.75 Å². The number of esters is 1. The monoisotopic (exact) mass is 430 g/mol. The van der Waals surface area contributed by atoms with Crippen LogP contribution in [-0.4, -0.2) is 33.1 Å². The smallest absolute Gasteiger partial charge is 0.390 e. The van der Waals surface area contributed by atoms with Gasteiger partial charge in [0, 0.05) is 29.2 Å². The van der Waals surface area contributed by atoms with E-state index in [9.17, 15) is 9.59 Å². The minimum atomic E-state index is -0.719. The molecule has 3 rings (SSSR count). The van der Waals surface area contributed by atoms with Gasteiger partial charge >= 0.3 is 5.97 Å². The van der Waals surface area contributed by atoms with Crippen LogP contribution < -0.4 is 18.9 Å². The number of hydrogen-bond donors (Lipinski definition) is 0. The van der Waals surface area contributed by atoms with Crippen LogP contribution in [0.4, 0.5) is 0 Å². The summed E-state index contributed by atoms with van der Waals surface area (Å²) < 4.78 is 21.0. The second-order valence-electron chi connectivity index (χ2n) is 6.71. The van der Waals surface area contributed by atoms with Crippen molar-refractivity contribution in [2.75, 3.05) is 21.3 Å². The predicted molar refractivity (Wildman–Crippen MR) is 120 cm³/mol. The molecule has 0 unspecified atom stereocenters. The van der Waals surface area contributed by atoms with E-state index in [1.54, 1.807) is 12.1 Å². The van der Waals surface area contributed by atoms with Crippen LogP contribution in [0.2, 0.25) is 0 Å². The molecule has 0 bridgehead atoms. The van der Waals surface area contributed by atoms with Gasteiger partial charge in [-0.3, -0.25) is 4.79 Å². The number of carbonyl (C=O) groups excluding carboxylic acids is 2. The Morgan fingerprint density at radius 3 is 1.75 bits per heavy atom. The van der Waals surface area contributed by atoms with Crippen LogP contribution in [0.3, 0.4) is 0 Å². The molecular formula is C26H22O6. The van der Waals surface area contributed by atoms with Crippen molar-refractivity contribution >= 4 is 11.8 Å². The summed E-state index contributed by atoms with van der Waals surface area (Å²) in [5.74, 6) is 5.93. The van der Waals surface area contributed by atoms with E-state index in [1.807, 2.05) is 36.4 Å². The summed E-state index contributed by atoms with van der Waals surface area (Å²) >= 11 is 0. The Kier molecular flexibility index (Phi) is 7.14. The van der Waals surface area contributed by atoms with Crippen LogP contribution in [0, 0.1) is 11.8 Å². The molecule has 0 aliphatic carbocycles. The average molecular weight is 430 g/mol. The maximum absolute atomic E-state index is 12.2. The molecule has 0 heterocycles. The van der Waals surface area contributed by atoms with Gasteiger partial charge in [-0.05, 0) is 30.2 Å². The molecule has 6 nitrogen and oxygen atoms in total. The minimum absolute atomic E-state index is 0.0283. The fourth-order valence-corrected chi connectivity index (χ4v) is 3.02. The molecule has 0 saturated heterocycles. The van der Waals surface area contributed by atoms with Crippen molar-refractivity contribution < 1.29 is 28.5 Å². The van der Waals surface area contributed by atoms with Crippen molar-refractivity contribution in [3.63, 3.8) is 0 Å². The Hall–Kier alpha value is -4.24. The standard InChI is InChI=1S/C26H22O6/c1-17(27)19-10-12-21(13-11-19)20-8-5-18(6-9-20)7-14-25(28)32-22-15-23(29-2)26(31-4)24(16-22)30-3/h5-6,8-13,15-16H,1-4H3. The lowest BCUT2D eigenvalue weighted by Crippen LogP contribution is -2.05. The fraction of sp³-hybridized carbons (Fsp3) is 0.154. The number of Topliss-reactive ketones (excluding diaryl/α,β-unsaturated/α-hetero) is 1. The van der Waals surface area contributed by atoms with E-state index in [2.05, 4.69) is 11.8 Å². The molecule has 0 atom stereocenters. The minimum Gasteiger partial charge on any atom is -0.493 e. The zero-order chi connectivity index (χ0) is 23.1. The van der Waals surface area contributed by atoms with Gasteiger partial charge in [-0.2, -0.15) is 0 Å². The number of benzene rings is 3. The molecule has 0 aliphatic rings. The summed E-state index contributed by atoms with van der Waals surface area (Å²) in [6.07, 6.45) is 0. The van der Waals surface area contributed by atoms with E-state index < -0.39 is 5.97 Å². The highest BCUT2D eigenvalue weighted by atomic mass is 16.5. The van der Waals surface area contributed by atoms with Crippen molar-refractivity contribution in [2.45, 2.75) is 6.92 Å². The molecule has 0 aromatic heterocycles. The number of methoxy groups -OCH3 is 3. The van der Waals surface area contributed by atoms with Gasteiger partial charge in [-0.25, -0.2) is 4.79 Å². The molecule has 0 radical (unpaired) electrons. The first-order valence-electron chi connectivity index (χ1n) is 9.70. The molecule has 32 heavy (non-hydrogen) atoms. The second kappa shape index (κ2) is 10.2.